The Kier molecular flexibility index (Phi) is 6.19. The molecule has 0 spiro atoms. The van der Waals surface area contributed by atoms with Crippen LogP contribution in [0.1, 0.15) is 19.3 Å². The molecule has 2 rings (SSSR count). The number of nitrogens with one attached hydrogen (secondary N) is 2. The van der Waals surface area contributed by atoms with Crippen LogP contribution in [-0.2, 0) is 19.6 Å². The fourth-order valence-corrected chi connectivity index (χ4v) is 3.47. The number of hydrogen-bond acceptors (Lipinski definition) is 4. The Labute approximate surface area is 135 Å². The minimum atomic E-state index is -3.65. The third kappa shape index (κ3) is 5.24. The second-order valence-electron chi connectivity index (χ2n) is 5.04. The lowest BCUT2D eigenvalue weighted by Crippen LogP contribution is -2.34. The molecule has 1 heterocycles. The predicted molar refractivity (Wildman–Crippen MR) is 83.2 cm³/mol. The number of sulfonamides is 1. The SMILES string of the molecule is O=C(CCNS(=O)(=O)c1cccc(Cl)c1)NCC1CCCO1. The van der Waals surface area contributed by atoms with Crippen LogP contribution in [0, 0.1) is 0 Å². The van der Waals surface area contributed by atoms with E-state index in [4.69, 9.17) is 16.3 Å². The summed E-state index contributed by atoms with van der Waals surface area (Å²) in [6.45, 7) is 1.24. The minimum absolute atomic E-state index is 0.0339. The van der Waals surface area contributed by atoms with Gasteiger partial charge in [-0.05, 0) is 31.0 Å². The lowest BCUT2D eigenvalue weighted by molar-refractivity contribution is -0.121. The highest BCUT2D eigenvalue weighted by atomic mass is 35.5. The Balaban J connectivity index is 1.73. The summed E-state index contributed by atoms with van der Waals surface area (Å²) in [5.74, 6) is -0.204. The fourth-order valence-electron chi connectivity index (χ4n) is 2.14. The Bertz CT molecular complexity index is 615. The van der Waals surface area contributed by atoms with E-state index in [0.29, 0.717) is 11.6 Å². The third-order valence-corrected chi connectivity index (χ3v) is 5.00. The molecule has 0 bridgehead atoms. The van der Waals surface area contributed by atoms with E-state index in [9.17, 15) is 13.2 Å². The highest BCUT2D eigenvalue weighted by Crippen LogP contribution is 2.15. The van der Waals surface area contributed by atoms with E-state index in [1.807, 2.05) is 0 Å². The van der Waals surface area contributed by atoms with Crippen molar-refractivity contribution in [3.05, 3.63) is 29.3 Å². The number of ether oxygens (including phenoxy) is 1. The molecule has 2 N–H and O–H groups in total. The molecule has 1 amide bonds. The van der Waals surface area contributed by atoms with Crippen molar-refractivity contribution in [3.63, 3.8) is 0 Å². The van der Waals surface area contributed by atoms with Crippen LogP contribution >= 0.6 is 11.6 Å². The first-order chi connectivity index (χ1) is 10.5. The predicted octanol–water partition coefficient (Wildman–Crippen LogP) is 1.30. The number of halogens is 1. The maximum Gasteiger partial charge on any atom is 0.240 e. The van der Waals surface area contributed by atoms with Gasteiger partial charge in [0.05, 0.1) is 11.0 Å². The van der Waals surface area contributed by atoms with Crippen LogP contribution in [0.5, 0.6) is 0 Å². The van der Waals surface area contributed by atoms with Gasteiger partial charge in [-0.1, -0.05) is 17.7 Å². The zero-order valence-electron chi connectivity index (χ0n) is 12.0. The van der Waals surface area contributed by atoms with Crippen LogP contribution in [0.3, 0.4) is 0 Å². The molecule has 0 aromatic heterocycles. The summed E-state index contributed by atoms with van der Waals surface area (Å²) in [7, 11) is -3.65. The Hall–Kier alpha value is -1.15. The molecule has 1 aliphatic heterocycles. The summed E-state index contributed by atoms with van der Waals surface area (Å²) in [6, 6.07) is 5.97. The maximum atomic E-state index is 12.0. The highest BCUT2D eigenvalue weighted by Gasteiger charge is 2.17. The summed E-state index contributed by atoms with van der Waals surface area (Å²) < 4.78 is 31.8. The first kappa shape index (κ1) is 17.2. The second kappa shape index (κ2) is 7.92. The minimum Gasteiger partial charge on any atom is -0.376 e. The summed E-state index contributed by atoms with van der Waals surface area (Å²) in [4.78, 5) is 11.7. The Morgan fingerprint density at radius 2 is 2.23 bits per heavy atom. The largest absolute Gasteiger partial charge is 0.376 e. The van der Waals surface area contributed by atoms with Crippen molar-refractivity contribution in [2.45, 2.75) is 30.3 Å². The van der Waals surface area contributed by atoms with Crippen molar-refractivity contribution in [1.29, 1.82) is 0 Å². The van der Waals surface area contributed by atoms with E-state index >= 15 is 0 Å². The molecular weight excluding hydrogens is 328 g/mol. The van der Waals surface area contributed by atoms with Crippen molar-refractivity contribution in [2.24, 2.45) is 0 Å². The molecule has 8 heteroatoms. The highest BCUT2D eigenvalue weighted by molar-refractivity contribution is 7.89. The molecule has 0 aliphatic carbocycles. The van der Waals surface area contributed by atoms with Gasteiger partial charge in [0.2, 0.25) is 15.9 Å². The van der Waals surface area contributed by atoms with Crippen molar-refractivity contribution >= 4 is 27.5 Å². The van der Waals surface area contributed by atoms with Gasteiger partial charge in [0.15, 0.2) is 0 Å². The fraction of sp³-hybridized carbons (Fsp3) is 0.500. The summed E-state index contributed by atoms with van der Waals surface area (Å²) >= 11 is 5.77. The molecule has 1 aromatic carbocycles. The average molecular weight is 347 g/mol. The van der Waals surface area contributed by atoms with Gasteiger partial charge in [-0.3, -0.25) is 4.79 Å². The van der Waals surface area contributed by atoms with Crippen LogP contribution in [-0.4, -0.2) is 40.1 Å². The topological polar surface area (TPSA) is 84.5 Å². The van der Waals surface area contributed by atoms with E-state index in [1.165, 1.54) is 12.1 Å². The van der Waals surface area contributed by atoms with E-state index in [2.05, 4.69) is 10.0 Å². The Morgan fingerprint density at radius 1 is 1.41 bits per heavy atom. The monoisotopic (exact) mass is 346 g/mol. The van der Waals surface area contributed by atoms with Crippen LogP contribution in [0.15, 0.2) is 29.2 Å². The van der Waals surface area contributed by atoms with Gasteiger partial charge in [-0.2, -0.15) is 0 Å². The smallest absolute Gasteiger partial charge is 0.240 e. The molecule has 6 nitrogen and oxygen atoms in total. The number of rotatable bonds is 7. The first-order valence-electron chi connectivity index (χ1n) is 7.11. The summed E-state index contributed by atoms with van der Waals surface area (Å²) in [6.07, 6.45) is 2.11. The summed E-state index contributed by atoms with van der Waals surface area (Å²) in [5.41, 5.74) is 0. The zero-order chi connectivity index (χ0) is 16.0. The average Bonchev–Trinajstić information content (AvgIpc) is 2.98. The van der Waals surface area contributed by atoms with Gasteiger partial charge in [-0.25, -0.2) is 13.1 Å². The number of carbonyl (C=O) groups is 1. The van der Waals surface area contributed by atoms with Gasteiger partial charge < -0.3 is 10.1 Å². The van der Waals surface area contributed by atoms with Crippen LogP contribution in [0.25, 0.3) is 0 Å². The molecule has 1 saturated heterocycles. The number of hydrogen-bond donors (Lipinski definition) is 2. The van der Waals surface area contributed by atoms with Crippen LogP contribution < -0.4 is 10.0 Å². The molecule has 1 atom stereocenters. The zero-order valence-corrected chi connectivity index (χ0v) is 13.6. The van der Waals surface area contributed by atoms with Crippen molar-refractivity contribution < 1.29 is 17.9 Å². The lowest BCUT2D eigenvalue weighted by atomic mass is 10.2. The molecule has 1 fully saturated rings. The molecule has 0 radical (unpaired) electrons. The van der Waals surface area contributed by atoms with Gasteiger partial charge >= 0.3 is 0 Å². The van der Waals surface area contributed by atoms with E-state index in [1.54, 1.807) is 12.1 Å². The second-order valence-corrected chi connectivity index (χ2v) is 7.25. The molecule has 0 saturated carbocycles. The van der Waals surface area contributed by atoms with Gasteiger partial charge in [0.25, 0.3) is 0 Å². The van der Waals surface area contributed by atoms with Gasteiger partial charge in [-0.15, -0.1) is 0 Å². The normalized spacial score (nSPS) is 18.3. The number of carbonyl (C=O) groups excluding carboxylic acids is 1. The molecule has 1 unspecified atom stereocenters. The molecular formula is C14H19ClN2O4S. The standard InChI is InChI=1S/C14H19ClN2O4S/c15-11-3-1-5-13(9-11)22(19,20)17-7-6-14(18)16-10-12-4-2-8-21-12/h1,3,5,9,12,17H,2,4,6-8,10H2,(H,16,18). The summed E-state index contributed by atoms with van der Waals surface area (Å²) in [5, 5.41) is 3.08. The van der Waals surface area contributed by atoms with Crippen LogP contribution in [0.4, 0.5) is 0 Å². The maximum absolute atomic E-state index is 12.0. The molecule has 1 aliphatic rings. The van der Waals surface area contributed by atoms with Gasteiger partial charge in [0.1, 0.15) is 0 Å². The first-order valence-corrected chi connectivity index (χ1v) is 8.97. The molecule has 122 valence electrons. The quantitative estimate of drug-likeness (QED) is 0.779. The number of amides is 1. The van der Waals surface area contributed by atoms with E-state index in [-0.39, 0.29) is 29.9 Å². The van der Waals surface area contributed by atoms with Crippen molar-refractivity contribution in [2.75, 3.05) is 19.7 Å². The van der Waals surface area contributed by atoms with Crippen LogP contribution in [0.2, 0.25) is 5.02 Å². The molecule has 22 heavy (non-hydrogen) atoms. The Morgan fingerprint density at radius 3 is 2.91 bits per heavy atom. The number of benzene rings is 1. The third-order valence-electron chi connectivity index (χ3n) is 3.30. The molecule has 1 aromatic rings. The van der Waals surface area contributed by atoms with Crippen molar-refractivity contribution in [1.82, 2.24) is 10.0 Å². The van der Waals surface area contributed by atoms with Crippen molar-refractivity contribution in [3.8, 4) is 0 Å². The van der Waals surface area contributed by atoms with Gasteiger partial charge in [0, 0.05) is 31.1 Å². The van der Waals surface area contributed by atoms with E-state index in [0.717, 1.165) is 19.4 Å². The lowest BCUT2D eigenvalue weighted by Gasteiger charge is -2.11. The van der Waals surface area contributed by atoms with E-state index < -0.39 is 10.0 Å².